The van der Waals surface area contributed by atoms with Crippen molar-refractivity contribution in [3.63, 3.8) is 0 Å². The van der Waals surface area contributed by atoms with Gasteiger partial charge in [0.15, 0.2) is 0 Å². The Bertz CT molecular complexity index is 357. The number of fused-ring (bicyclic) bond motifs is 1. The summed E-state index contributed by atoms with van der Waals surface area (Å²) < 4.78 is 20.2. The fraction of sp³-hybridized carbons (Fsp3) is 0. The molecule has 0 radical (unpaired) electrons. The van der Waals surface area contributed by atoms with Gasteiger partial charge in [0, 0.05) is 6.07 Å². The highest BCUT2D eigenvalue weighted by Crippen LogP contribution is 2.11. The number of nitrogens with zero attached hydrogens (tertiary/aromatic N) is 2. The molecule has 0 saturated carbocycles. The van der Waals surface area contributed by atoms with E-state index in [1.807, 2.05) is 0 Å². The van der Waals surface area contributed by atoms with Gasteiger partial charge >= 0.3 is 0 Å². The molecule has 1 aromatic heterocycles. The van der Waals surface area contributed by atoms with E-state index in [4.69, 9.17) is 0 Å². The zero-order chi connectivity index (χ0) is 6.97. The first kappa shape index (κ1) is 5.73. The molecule has 2 nitrogen and oxygen atoms in total. The van der Waals surface area contributed by atoms with Gasteiger partial charge in [-0.3, -0.25) is 0 Å². The van der Waals surface area contributed by atoms with Crippen molar-refractivity contribution >= 4 is 22.8 Å². The zero-order valence-corrected chi connectivity index (χ0v) is 5.73. The summed E-state index contributed by atoms with van der Waals surface area (Å²) in [6, 6.07) is 4.37. The Morgan fingerprint density at radius 2 is 2.00 bits per heavy atom. The molecule has 0 N–H and O–H groups in total. The van der Waals surface area contributed by atoms with Gasteiger partial charge in [-0.15, -0.1) is 0 Å². The molecular formula is C6H3FN2S. The maximum atomic E-state index is 12.5. The van der Waals surface area contributed by atoms with Crippen LogP contribution in [0.3, 0.4) is 0 Å². The summed E-state index contributed by atoms with van der Waals surface area (Å²) in [6.07, 6.45) is 0. The first-order valence-electron chi connectivity index (χ1n) is 2.74. The van der Waals surface area contributed by atoms with Crippen molar-refractivity contribution in [1.29, 1.82) is 0 Å². The number of rotatable bonds is 0. The monoisotopic (exact) mass is 154 g/mol. The Kier molecular flexibility index (Phi) is 1.14. The summed E-state index contributed by atoms with van der Waals surface area (Å²) in [7, 11) is 0. The summed E-state index contributed by atoms with van der Waals surface area (Å²) in [4.78, 5) is 0. The van der Waals surface area contributed by atoms with Crippen molar-refractivity contribution in [2.24, 2.45) is 0 Å². The molecule has 2 rings (SSSR count). The zero-order valence-electron chi connectivity index (χ0n) is 4.91. The topological polar surface area (TPSA) is 25.8 Å². The highest BCUT2D eigenvalue weighted by atomic mass is 32.1. The lowest BCUT2D eigenvalue weighted by Gasteiger charge is -1.84. The lowest BCUT2D eigenvalue weighted by atomic mass is 10.3. The van der Waals surface area contributed by atoms with E-state index in [1.54, 1.807) is 6.07 Å². The number of halogens is 1. The Hall–Kier alpha value is -1.03. The van der Waals surface area contributed by atoms with E-state index in [0.717, 1.165) is 17.2 Å². The van der Waals surface area contributed by atoms with E-state index in [2.05, 4.69) is 8.75 Å². The van der Waals surface area contributed by atoms with Crippen molar-refractivity contribution in [2.75, 3.05) is 0 Å². The van der Waals surface area contributed by atoms with Crippen LogP contribution in [-0.2, 0) is 0 Å². The van der Waals surface area contributed by atoms with E-state index in [9.17, 15) is 4.39 Å². The van der Waals surface area contributed by atoms with Crippen molar-refractivity contribution in [1.82, 2.24) is 8.75 Å². The number of benzene rings is 1. The van der Waals surface area contributed by atoms with Crippen LogP contribution >= 0.6 is 11.7 Å². The molecule has 0 aliphatic rings. The van der Waals surface area contributed by atoms with E-state index in [1.165, 1.54) is 12.1 Å². The maximum absolute atomic E-state index is 12.5. The second-order valence-corrected chi connectivity index (χ2v) is 2.43. The Balaban J connectivity index is 2.86. The molecule has 0 bridgehead atoms. The third kappa shape index (κ3) is 0.769. The highest BCUT2D eigenvalue weighted by Gasteiger charge is 1.97. The van der Waals surface area contributed by atoms with Gasteiger partial charge in [-0.05, 0) is 12.1 Å². The summed E-state index contributed by atoms with van der Waals surface area (Å²) in [5.41, 5.74) is 1.39. The van der Waals surface area contributed by atoms with Gasteiger partial charge < -0.3 is 0 Å². The molecular weight excluding hydrogens is 151 g/mol. The van der Waals surface area contributed by atoms with Crippen LogP contribution in [0.25, 0.3) is 11.0 Å². The first-order valence-corrected chi connectivity index (χ1v) is 3.47. The van der Waals surface area contributed by atoms with Crippen molar-refractivity contribution in [3.05, 3.63) is 24.0 Å². The van der Waals surface area contributed by atoms with Gasteiger partial charge in [-0.25, -0.2) is 4.39 Å². The average Bonchev–Trinajstić information content (AvgIpc) is 2.33. The average molecular weight is 154 g/mol. The van der Waals surface area contributed by atoms with E-state index >= 15 is 0 Å². The third-order valence-electron chi connectivity index (χ3n) is 1.22. The molecule has 0 aliphatic heterocycles. The van der Waals surface area contributed by atoms with E-state index < -0.39 is 0 Å². The van der Waals surface area contributed by atoms with E-state index in [-0.39, 0.29) is 5.82 Å². The molecule has 0 amide bonds. The van der Waals surface area contributed by atoms with Crippen LogP contribution in [-0.4, -0.2) is 8.75 Å². The van der Waals surface area contributed by atoms with Crippen molar-refractivity contribution in [2.45, 2.75) is 0 Å². The SMILES string of the molecule is Fc1ccc2nsnc2c1. The highest BCUT2D eigenvalue weighted by molar-refractivity contribution is 7.00. The number of hydrogen-bond acceptors (Lipinski definition) is 3. The van der Waals surface area contributed by atoms with Crippen molar-refractivity contribution in [3.8, 4) is 0 Å². The van der Waals surface area contributed by atoms with Crippen LogP contribution in [0.15, 0.2) is 18.2 Å². The fourth-order valence-corrected chi connectivity index (χ4v) is 1.27. The quantitative estimate of drug-likeness (QED) is 0.578. The molecule has 0 unspecified atom stereocenters. The van der Waals surface area contributed by atoms with Gasteiger partial charge in [0.05, 0.1) is 11.7 Å². The van der Waals surface area contributed by atoms with Crippen LogP contribution < -0.4 is 0 Å². The fourth-order valence-electron chi connectivity index (χ4n) is 0.755. The van der Waals surface area contributed by atoms with Crippen LogP contribution in [0.4, 0.5) is 4.39 Å². The molecule has 0 spiro atoms. The van der Waals surface area contributed by atoms with Crippen LogP contribution in [0.5, 0.6) is 0 Å². The van der Waals surface area contributed by atoms with Crippen LogP contribution in [0, 0.1) is 5.82 Å². The van der Waals surface area contributed by atoms with Crippen molar-refractivity contribution < 1.29 is 4.39 Å². The molecule has 0 atom stereocenters. The summed E-state index contributed by atoms with van der Waals surface area (Å²) in [5, 5.41) is 0. The summed E-state index contributed by atoms with van der Waals surface area (Å²) >= 11 is 1.09. The Morgan fingerprint density at radius 3 is 2.90 bits per heavy atom. The number of aromatic nitrogens is 2. The molecule has 0 saturated heterocycles. The third-order valence-corrected chi connectivity index (χ3v) is 1.77. The minimum atomic E-state index is -0.264. The largest absolute Gasteiger partial charge is 0.207 e. The minimum Gasteiger partial charge on any atom is -0.207 e. The molecule has 4 heteroatoms. The predicted octanol–water partition coefficient (Wildman–Crippen LogP) is 1.83. The summed E-state index contributed by atoms with van der Waals surface area (Å²) in [5.74, 6) is -0.264. The van der Waals surface area contributed by atoms with Gasteiger partial charge in [0.2, 0.25) is 0 Å². The molecule has 10 heavy (non-hydrogen) atoms. The summed E-state index contributed by atoms with van der Waals surface area (Å²) in [6.45, 7) is 0. The standard InChI is InChI=1S/C6H3FN2S/c7-4-1-2-5-6(3-4)9-10-8-5/h1-3H. The van der Waals surface area contributed by atoms with Gasteiger partial charge in [-0.2, -0.15) is 8.75 Å². The second-order valence-electron chi connectivity index (χ2n) is 1.90. The second kappa shape index (κ2) is 1.98. The molecule has 50 valence electrons. The van der Waals surface area contributed by atoms with Crippen LogP contribution in [0.1, 0.15) is 0 Å². The Morgan fingerprint density at radius 1 is 1.20 bits per heavy atom. The number of hydrogen-bond donors (Lipinski definition) is 0. The molecule has 2 aromatic rings. The predicted molar refractivity (Wildman–Crippen MR) is 37.4 cm³/mol. The smallest absolute Gasteiger partial charge is 0.125 e. The first-order chi connectivity index (χ1) is 4.86. The molecule has 1 aromatic carbocycles. The van der Waals surface area contributed by atoms with Gasteiger partial charge in [-0.1, -0.05) is 0 Å². The van der Waals surface area contributed by atoms with E-state index in [0.29, 0.717) is 5.52 Å². The molecule has 0 fully saturated rings. The Labute approximate surface area is 60.6 Å². The van der Waals surface area contributed by atoms with Gasteiger partial charge in [0.1, 0.15) is 16.9 Å². The molecule has 1 heterocycles. The lowest BCUT2D eigenvalue weighted by molar-refractivity contribution is 0.629. The lowest BCUT2D eigenvalue weighted by Crippen LogP contribution is -1.72. The normalized spacial score (nSPS) is 10.5. The maximum Gasteiger partial charge on any atom is 0.125 e. The van der Waals surface area contributed by atoms with Crippen LogP contribution in [0.2, 0.25) is 0 Å². The molecule has 0 aliphatic carbocycles. The minimum absolute atomic E-state index is 0.264. The van der Waals surface area contributed by atoms with Gasteiger partial charge in [0.25, 0.3) is 0 Å².